The molecule has 0 atom stereocenters. The lowest BCUT2D eigenvalue weighted by molar-refractivity contribution is -0.132. The Balaban J connectivity index is 2.08. The Hall–Kier alpha value is -0.870. The molecule has 0 saturated carbocycles. The van der Waals surface area contributed by atoms with Crippen molar-refractivity contribution in [2.24, 2.45) is 0 Å². The maximum atomic E-state index is 12.2. The Morgan fingerprint density at radius 3 is 2.26 bits per heavy atom. The van der Waals surface area contributed by atoms with E-state index in [4.69, 9.17) is 0 Å². The predicted molar refractivity (Wildman–Crippen MR) is 78.1 cm³/mol. The summed E-state index contributed by atoms with van der Waals surface area (Å²) in [6, 6.07) is 0. The molecule has 108 valence electrons. The number of likely N-dealkylation sites (N-methyl/N-ethyl adjacent to an activating group) is 1. The van der Waals surface area contributed by atoms with Gasteiger partial charge in [0.2, 0.25) is 5.91 Å². The summed E-state index contributed by atoms with van der Waals surface area (Å²) in [5.74, 6) is 0.186. The normalized spacial score (nSPS) is 24.5. The number of carbonyl (C=O) groups is 1. The van der Waals surface area contributed by atoms with Crippen molar-refractivity contribution in [3.63, 3.8) is 0 Å². The zero-order valence-electron chi connectivity index (χ0n) is 12.8. The lowest BCUT2D eigenvalue weighted by atomic mass is 9.84. The van der Waals surface area contributed by atoms with Gasteiger partial charge < -0.3 is 9.80 Å². The van der Waals surface area contributed by atoms with Crippen molar-refractivity contribution in [2.45, 2.75) is 32.2 Å². The number of amides is 1. The fraction of sp³-hybridized carbons (Fsp3) is 0.800. The van der Waals surface area contributed by atoms with Crippen molar-refractivity contribution in [3.05, 3.63) is 11.6 Å². The van der Waals surface area contributed by atoms with Gasteiger partial charge in [-0.15, -0.1) is 0 Å². The highest BCUT2D eigenvalue weighted by Crippen LogP contribution is 2.31. The highest BCUT2D eigenvalue weighted by atomic mass is 16.2. The van der Waals surface area contributed by atoms with Crippen LogP contribution < -0.4 is 0 Å². The third-order valence-electron chi connectivity index (χ3n) is 4.64. The van der Waals surface area contributed by atoms with Crippen LogP contribution in [0.15, 0.2) is 11.6 Å². The molecule has 2 aliphatic heterocycles. The number of allylic oxidation sites excluding steroid dienone is 1. The second-order valence-corrected chi connectivity index (χ2v) is 6.43. The molecule has 2 saturated heterocycles. The minimum absolute atomic E-state index is 0.186. The standard InChI is InChI=1S/C15H27N3O/c1-13(2)11-14(19)18-10-9-17(4)15(12-18)5-7-16(3)8-6-15/h11H,5-10,12H2,1-4H3. The van der Waals surface area contributed by atoms with Gasteiger partial charge in [-0.05, 0) is 53.9 Å². The zero-order chi connectivity index (χ0) is 14.0. The summed E-state index contributed by atoms with van der Waals surface area (Å²) < 4.78 is 0. The summed E-state index contributed by atoms with van der Waals surface area (Å²) in [5, 5.41) is 0. The molecule has 2 rings (SSSR count). The molecule has 2 aliphatic rings. The molecule has 1 spiro atoms. The van der Waals surface area contributed by atoms with Gasteiger partial charge in [0.1, 0.15) is 0 Å². The Kier molecular flexibility index (Phi) is 4.31. The van der Waals surface area contributed by atoms with Gasteiger partial charge in [-0.1, -0.05) is 5.57 Å². The minimum Gasteiger partial charge on any atom is -0.336 e. The topological polar surface area (TPSA) is 26.8 Å². The molecule has 0 N–H and O–H groups in total. The molecule has 4 heteroatoms. The van der Waals surface area contributed by atoms with E-state index >= 15 is 0 Å². The lowest BCUT2D eigenvalue weighted by Crippen LogP contribution is -2.64. The van der Waals surface area contributed by atoms with E-state index < -0.39 is 0 Å². The molecule has 1 amide bonds. The maximum absolute atomic E-state index is 12.2. The molecule has 0 aromatic rings. The number of piperazine rings is 1. The van der Waals surface area contributed by atoms with Crippen LogP contribution in [0.1, 0.15) is 26.7 Å². The van der Waals surface area contributed by atoms with E-state index in [1.165, 1.54) is 12.8 Å². The van der Waals surface area contributed by atoms with E-state index in [1.54, 1.807) is 6.08 Å². The van der Waals surface area contributed by atoms with Gasteiger partial charge in [-0.25, -0.2) is 0 Å². The number of rotatable bonds is 1. The van der Waals surface area contributed by atoms with Gasteiger partial charge in [-0.3, -0.25) is 9.69 Å². The Bertz CT molecular complexity index is 366. The molecule has 4 nitrogen and oxygen atoms in total. The molecule has 0 unspecified atom stereocenters. The van der Waals surface area contributed by atoms with Crippen LogP contribution in [0.2, 0.25) is 0 Å². The summed E-state index contributed by atoms with van der Waals surface area (Å²) in [5.41, 5.74) is 1.29. The first-order valence-electron chi connectivity index (χ1n) is 7.26. The van der Waals surface area contributed by atoms with Gasteiger partial charge in [0.05, 0.1) is 0 Å². The van der Waals surface area contributed by atoms with Crippen LogP contribution in [-0.4, -0.2) is 73.0 Å². The highest BCUT2D eigenvalue weighted by Gasteiger charge is 2.42. The van der Waals surface area contributed by atoms with Crippen LogP contribution >= 0.6 is 0 Å². The van der Waals surface area contributed by atoms with Crippen molar-refractivity contribution in [3.8, 4) is 0 Å². The molecular weight excluding hydrogens is 238 g/mol. The van der Waals surface area contributed by atoms with E-state index in [-0.39, 0.29) is 11.4 Å². The van der Waals surface area contributed by atoms with Crippen LogP contribution in [0.5, 0.6) is 0 Å². The molecule has 0 radical (unpaired) electrons. The van der Waals surface area contributed by atoms with Gasteiger partial charge >= 0.3 is 0 Å². The molecule has 0 aromatic carbocycles. The second kappa shape index (κ2) is 5.63. The fourth-order valence-corrected chi connectivity index (χ4v) is 3.16. The van der Waals surface area contributed by atoms with Crippen molar-refractivity contribution >= 4 is 5.91 Å². The molecule has 0 aliphatic carbocycles. The van der Waals surface area contributed by atoms with Gasteiger partial charge in [0.25, 0.3) is 0 Å². The van der Waals surface area contributed by atoms with E-state index in [0.29, 0.717) is 0 Å². The number of likely N-dealkylation sites (tertiary alicyclic amines) is 1. The zero-order valence-corrected chi connectivity index (χ0v) is 12.8. The number of piperidine rings is 1. The SMILES string of the molecule is CC(C)=CC(=O)N1CCN(C)C2(CCN(C)CC2)C1. The van der Waals surface area contributed by atoms with E-state index in [9.17, 15) is 4.79 Å². The number of hydrogen-bond acceptors (Lipinski definition) is 3. The van der Waals surface area contributed by atoms with Crippen LogP contribution in [0.3, 0.4) is 0 Å². The van der Waals surface area contributed by atoms with E-state index in [1.807, 2.05) is 18.7 Å². The predicted octanol–water partition coefficient (Wildman–Crippen LogP) is 1.19. The summed E-state index contributed by atoms with van der Waals surface area (Å²) >= 11 is 0. The second-order valence-electron chi connectivity index (χ2n) is 6.43. The van der Waals surface area contributed by atoms with E-state index in [2.05, 4.69) is 23.9 Å². The van der Waals surface area contributed by atoms with Gasteiger partial charge in [0.15, 0.2) is 0 Å². The van der Waals surface area contributed by atoms with Crippen molar-refractivity contribution in [2.75, 3.05) is 46.8 Å². The molecule has 0 aromatic heterocycles. The number of hydrogen-bond donors (Lipinski definition) is 0. The molecule has 0 bridgehead atoms. The lowest BCUT2D eigenvalue weighted by Gasteiger charge is -2.52. The largest absolute Gasteiger partial charge is 0.336 e. The summed E-state index contributed by atoms with van der Waals surface area (Å²) in [7, 11) is 4.40. The van der Waals surface area contributed by atoms with E-state index in [0.717, 1.165) is 38.3 Å². The Morgan fingerprint density at radius 2 is 1.68 bits per heavy atom. The first-order valence-corrected chi connectivity index (χ1v) is 7.26. The molecule has 2 heterocycles. The number of nitrogens with zero attached hydrogens (tertiary/aromatic N) is 3. The van der Waals surface area contributed by atoms with Crippen molar-refractivity contribution in [1.29, 1.82) is 0 Å². The average Bonchev–Trinajstić information content (AvgIpc) is 2.35. The Morgan fingerprint density at radius 1 is 1.05 bits per heavy atom. The summed E-state index contributed by atoms with van der Waals surface area (Å²) in [6.07, 6.45) is 4.10. The molecule has 19 heavy (non-hydrogen) atoms. The fourth-order valence-electron chi connectivity index (χ4n) is 3.16. The monoisotopic (exact) mass is 265 g/mol. The first kappa shape index (κ1) is 14.5. The minimum atomic E-state index is 0.186. The van der Waals surface area contributed by atoms with Crippen LogP contribution in [-0.2, 0) is 4.79 Å². The Labute approximate surface area is 117 Å². The quantitative estimate of drug-likeness (QED) is 0.666. The van der Waals surface area contributed by atoms with Crippen molar-refractivity contribution in [1.82, 2.24) is 14.7 Å². The van der Waals surface area contributed by atoms with Gasteiger partial charge in [-0.2, -0.15) is 0 Å². The number of carbonyl (C=O) groups excluding carboxylic acids is 1. The third-order valence-corrected chi connectivity index (χ3v) is 4.64. The molecule has 2 fully saturated rings. The maximum Gasteiger partial charge on any atom is 0.246 e. The highest BCUT2D eigenvalue weighted by molar-refractivity contribution is 5.88. The summed E-state index contributed by atoms with van der Waals surface area (Å²) in [6.45, 7) is 8.98. The third kappa shape index (κ3) is 3.18. The smallest absolute Gasteiger partial charge is 0.246 e. The first-order chi connectivity index (χ1) is 8.93. The summed E-state index contributed by atoms with van der Waals surface area (Å²) in [4.78, 5) is 19.1. The van der Waals surface area contributed by atoms with Crippen LogP contribution in [0, 0.1) is 0 Å². The van der Waals surface area contributed by atoms with Gasteiger partial charge in [0, 0.05) is 31.2 Å². The average molecular weight is 265 g/mol. The van der Waals surface area contributed by atoms with Crippen molar-refractivity contribution < 1.29 is 4.79 Å². The molecular formula is C15H27N3O. The van der Waals surface area contributed by atoms with Crippen LogP contribution in [0.4, 0.5) is 0 Å². The van der Waals surface area contributed by atoms with Crippen LogP contribution in [0.25, 0.3) is 0 Å².